The van der Waals surface area contributed by atoms with Gasteiger partial charge in [-0.2, -0.15) is 0 Å². The van der Waals surface area contributed by atoms with E-state index in [4.69, 9.17) is 39.8 Å². The maximum atomic E-state index is 5.97. The second kappa shape index (κ2) is 8.39. The third kappa shape index (κ3) is 5.23. The molecule has 6 heteroatoms. The first-order chi connectivity index (χ1) is 12.1. The summed E-state index contributed by atoms with van der Waals surface area (Å²) in [5, 5.41) is 5.25. The predicted molar refractivity (Wildman–Crippen MR) is 107 cm³/mol. The normalized spacial score (nSPS) is 10.5. The molecule has 3 rings (SSSR count). The fourth-order valence-corrected chi connectivity index (χ4v) is 2.84. The molecule has 0 unspecified atom stereocenters. The van der Waals surface area contributed by atoms with Crippen molar-refractivity contribution in [2.75, 3.05) is 5.32 Å². The number of nitrogens with one attached hydrogen (secondary N) is 1. The lowest BCUT2D eigenvalue weighted by Crippen LogP contribution is -2.33. The molecule has 25 heavy (non-hydrogen) atoms. The van der Waals surface area contributed by atoms with Gasteiger partial charge in [0.1, 0.15) is 5.76 Å². The molecule has 0 spiro atoms. The minimum atomic E-state index is 0.565. The summed E-state index contributed by atoms with van der Waals surface area (Å²) in [4.78, 5) is 2.03. The zero-order valence-corrected chi connectivity index (χ0v) is 15.6. The Morgan fingerprint density at radius 3 is 2.16 bits per heavy atom. The van der Waals surface area contributed by atoms with Crippen LogP contribution in [0.3, 0.4) is 0 Å². The molecule has 128 valence electrons. The highest BCUT2D eigenvalue weighted by Crippen LogP contribution is 2.17. The topological polar surface area (TPSA) is 28.4 Å². The van der Waals surface area contributed by atoms with Crippen LogP contribution < -0.4 is 5.32 Å². The van der Waals surface area contributed by atoms with Crippen LogP contribution >= 0.6 is 35.4 Å². The standard InChI is InChI=1S/C19H16Cl2N2OS/c20-15-5-3-14(4-6-15)12-23(13-18-2-1-11-24-18)19(25)22-17-9-7-16(21)8-10-17/h1-11H,12-13H2,(H,22,25). The molecule has 0 saturated heterocycles. The first-order valence-electron chi connectivity index (χ1n) is 7.68. The lowest BCUT2D eigenvalue weighted by atomic mass is 10.2. The van der Waals surface area contributed by atoms with Crippen molar-refractivity contribution in [2.24, 2.45) is 0 Å². The van der Waals surface area contributed by atoms with Gasteiger partial charge < -0.3 is 14.6 Å². The maximum Gasteiger partial charge on any atom is 0.174 e. The second-order valence-corrected chi connectivity index (χ2v) is 6.76. The van der Waals surface area contributed by atoms with Gasteiger partial charge in [-0.25, -0.2) is 0 Å². The van der Waals surface area contributed by atoms with E-state index in [1.54, 1.807) is 6.26 Å². The molecule has 0 aliphatic rings. The molecule has 0 bridgehead atoms. The van der Waals surface area contributed by atoms with Crippen molar-refractivity contribution >= 4 is 46.2 Å². The highest BCUT2D eigenvalue weighted by molar-refractivity contribution is 7.80. The molecule has 0 radical (unpaired) electrons. The van der Waals surface area contributed by atoms with E-state index < -0.39 is 0 Å². The smallest absolute Gasteiger partial charge is 0.174 e. The second-order valence-electron chi connectivity index (χ2n) is 5.50. The average Bonchev–Trinajstić information content (AvgIpc) is 3.11. The maximum absolute atomic E-state index is 5.97. The summed E-state index contributed by atoms with van der Waals surface area (Å²) in [5.41, 5.74) is 1.99. The van der Waals surface area contributed by atoms with E-state index in [1.807, 2.05) is 65.6 Å². The summed E-state index contributed by atoms with van der Waals surface area (Å²) in [5.74, 6) is 0.842. The largest absolute Gasteiger partial charge is 0.467 e. The van der Waals surface area contributed by atoms with Crippen molar-refractivity contribution in [2.45, 2.75) is 13.1 Å². The molecule has 1 heterocycles. The number of furan rings is 1. The number of hydrogen-bond donors (Lipinski definition) is 1. The lowest BCUT2D eigenvalue weighted by molar-refractivity contribution is 0.360. The number of anilines is 1. The van der Waals surface area contributed by atoms with Crippen molar-refractivity contribution < 1.29 is 4.42 Å². The Bertz CT molecular complexity index is 818. The summed E-state index contributed by atoms with van der Waals surface area (Å²) in [6.07, 6.45) is 1.66. The van der Waals surface area contributed by atoms with Gasteiger partial charge in [-0.15, -0.1) is 0 Å². The number of thiocarbonyl (C=S) groups is 1. The highest BCUT2D eigenvalue weighted by Gasteiger charge is 2.13. The summed E-state index contributed by atoms with van der Waals surface area (Å²) < 4.78 is 5.47. The molecule has 0 fully saturated rings. The summed E-state index contributed by atoms with van der Waals surface area (Å²) in [7, 11) is 0. The van der Waals surface area contributed by atoms with Gasteiger partial charge in [-0.3, -0.25) is 0 Å². The molecule has 3 aromatic rings. The van der Waals surface area contributed by atoms with Crippen molar-refractivity contribution in [1.82, 2.24) is 4.90 Å². The first-order valence-corrected chi connectivity index (χ1v) is 8.85. The van der Waals surface area contributed by atoms with Gasteiger partial charge in [0.15, 0.2) is 5.11 Å². The first kappa shape index (κ1) is 17.8. The number of hydrogen-bond acceptors (Lipinski definition) is 2. The Hall–Kier alpha value is -2.01. The molecular weight excluding hydrogens is 375 g/mol. The van der Waals surface area contributed by atoms with Crippen LogP contribution in [-0.4, -0.2) is 10.0 Å². The predicted octanol–water partition coefficient (Wildman–Crippen LogP) is 5.99. The van der Waals surface area contributed by atoms with Crippen LogP contribution in [0.15, 0.2) is 71.3 Å². The monoisotopic (exact) mass is 390 g/mol. The minimum absolute atomic E-state index is 0.565. The van der Waals surface area contributed by atoms with Gasteiger partial charge >= 0.3 is 0 Å². The van der Waals surface area contributed by atoms with E-state index in [0.717, 1.165) is 17.0 Å². The number of benzene rings is 2. The Kier molecular flexibility index (Phi) is 5.97. The van der Waals surface area contributed by atoms with Gasteiger partial charge in [0.05, 0.1) is 12.8 Å². The van der Waals surface area contributed by atoms with Crippen LogP contribution in [0.2, 0.25) is 10.0 Å². The fourth-order valence-electron chi connectivity index (χ4n) is 2.34. The highest BCUT2D eigenvalue weighted by atomic mass is 35.5. The Balaban J connectivity index is 1.75. The van der Waals surface area contributed by atoms with Crippen LogP contribution in [0.4, 0.5) is 5.69 Å². The zero-order chi connectivity index (χ0) is 17.6. The molecular formula is C19H16Cl2N2OS. The SMILES string of the molecule is S=C(Nc1ccc(Cl)cc1)N(Cc1ccc(Cl)cc1)Cc1ccco1. The number of rotatable bonds is 5. The van der Waals surface area contributed by atoms with E-state index in [-0.39, 0.29) is 0 Å². The number of nitrogens with zero attached hydrogens (tertiary/aromatic N) is 1. The Morgan fingerprint density at radius 2 is 1.56 bits per heavy atom. The van der Waals surface area contributed by atoms with E-state index in [0.29, 0.717) is 28.2 Å². The van der Waals surface area contributed by atoms with E-state index in [9.17, 15) is 0 Å². The van der Waals surface area contributed by atoms with Crippen LogP contribution in [-0.2, 0) is 13.1 Å². The Morgan fingerprint density at radius 1 is 0.920 bits per heavy atom. The molecule has 0 atom stereocenters. The lowest BCUT2D eigenvalue weighted by Gasteiger charge is -2.25. The quantitative estimate of drug-likeness (QED) is 0.541. The molecule has 2 aromatic carbocycles. The molecule has 1 N–H and O–H groups in total. The van der Waals surface area contributed by atoms with Gasteiger partial charge in [0.2, 0.25) is 0 Å². The van der Waals surface area contributed by atoms with Gasteiger partial charge in [-0.05, 0) is 66.3 Å². The van der Waals surface area contributed by atoms with Crippen LogP contribution in [0, 0.1) is 0 Å². The van der Waals surface area contributed by atoms with Crippen LogP contribution in [0.1, 0.15) is 11.3 Å². The average molecular weight is 391 g/mol. The zero-order valence-electron chi connectivity index (χ0n) is 13.3. The molecule has 1 aromatic heterocycles. The third-order valence-electron chi connectivity index (χ3n) is 3.60. The van der Waals surface area contributed by atoms with Crippen molar-refractivity contribution in [3.05, 3.63) is 88.3 Å². The number of halogens is 2. The van der Waals surface area contributed by atoms with Crippen molar-refractivity contribution in [3.63, 3.8) is 0 Å². The summed E-state index contributed by atoms with van der Waals surface area (Å²) >= 11 is 17.5. The summed E-state index contributed by atoms with van der Waals surface area (Å²) in [6, 6.07) is 18.9. The van der Waals surface area contributed by atoms with Crippen LogP contribution in [0.5, 0.6) is 0 Å². The van der Waals surface area contributed by atoms with Gasteiger partial charge in [-0.1, -0.05) is 35.3 Å². The fraction of sp³-hybridized carbons (Fsp3) is 0.105. The molecule has 0 aliphatic heterocycles. The van der Waals surface area contributed by atoms with Crippen LogP contribution in [0.25, 0.3) is 0 Å². The van der Waals surface area contributed by atoms with E-state index in [2.05, 4.69) is 5.32 Å². The van der Waals surface area contributed by atoms with E-state index in [1.165, 1.54) is 0 Å². The third-order valence-corrected chi connectivity index (χ3v) is 4.46. The molecule has 3 nitrogen and oxygen atoms in total. The molecule has 0 aliphatic carbocycles. The van der Waals surface area contributed by atoms with Crippen molar-refractivity contribution in [1.29, 1.82) is 0 Å². The summed E-state index contributed by atoms with van der Waals surface area (Å²) in [6.45, 7) is 1.20. The van der Waals surface area contributed by atoms with Crippen molar-refractivity contribution in [3.8, 4) is 0 Å². The Labute approximate surface area is 162 Å². The minimum Gasteiger partial charge on any atom is -0.467 e. The molecule has 0 saturated carbocycles. The van der Waals surface area contributed by atoms with Gasteiger partial charge in [0, 0.05) is 22.3 Å². The van der Waals surface area contributed by atoms with E-state index >= 15 is 0 Å². The van der Waals surface area contributed by atoms with Gasteiger partial charge in [0.25, 0.3) is 0 Å². The molecule has 0 amide bonds.